The number of ether oxygens (including phenoxy) is 1. The zero-order valence-electron chi connectivity index (χ0n) is 26.2. The Bertz CT molecular complexity index is 1460. The maximum Gasteiger partial charge on any atom is 0.229 e. The van der Waals surface area contributed by atoms with E-state index in [1.165, 1.54) is 6.92 Å². The quantitative estimate of drug-likeness (QED) is 0.313. The average Bonchev–Trinajstić information content (AvgIpc) is 3.40. The van der Waals surface area contributed by atoms with Gasteiger partial charge in [-0.15, -0.1) is 5.10 Å². The zero-order valence-corrected chi connectivity index (χ0v) is 26.2. The number of nitrogens with one attached hydrogen (secondary N) is 2. The Morgan fingerprint density at radius 1 is 0.930 bits per heavy atom. The zero-order chi connectivity index (χ0) is 31.2. The Hall–Kier alpha value is -4.05. The van der Waals surface area contributed by atoms with E-state index in [0.717, 1.165) is 28.1 Å². The number of anilines is 1. The van der Waals surface area contributed by atoms with Gasteiger partial charge in [0.25, 0.3) is 0 Å². The van der Waals surface area contributed by atoms with Crippen molar-refractivity contribution in [2.45, 2.75) is 84.9 Å². The van der Waals surface area contributed by atoms with Gasteiger partial charge in [0.05, 0.1) is 29.1 Å². The molecular formula is C33H44N6O4. The van der Waals surface area contributed by atoms with Crippen LogP contribution in [0.25, 0.3) is 22.5 Å². The molecular weight excluding hydrogens is 544 g/mol. The van der Waals surface area contributed by atoms with Crippen molar-refractivity contribution in [2.24, 2.45) is 0 Å². The Balaban J connectivity index is 1.64. The molecule has 230 valence electrons. The second kappa shape index (κ2) is 13.5. The highest BCUT2D eigenvalue weighted by atomic mass is 16.5. The molecule has 10 nitrogen and oxygen atoms in total. The molecule has 10 heteroatoms. The van der Waals surface area contributed by atoms with Crippen molar-refractivity contribution >= 4 is 23.4 Å². The molecule has 1 aliphatic rings. The predicted octanol–water partition coefficient (Wildman–Crippen LogP) is 4.82. The minimum absolute atomic E-state index is 0.0407. The van der Waals surface area contributed by atoms with E-state index in [0.29, 0.717) is 44.7 Å². The summed E-state index contributed by atoms with van der Waals surface area (Å²) in [6.07, 6.45) is 2.05. The minimum atomic E-state index is -0.442. The van der Waals surface area contributed by atoms with Crippen LogP contribution in [0, 0.1) is 0 Å². The molecule has 1 aromatic heterocycles. The lowest BCUT2D eigenvalue weighted by Gasteiger charge is -2.32. The van der Waals surface area contributed by atoms with Crippen LogP contribution in [0.4, 0.5) is 5.69 Å². The Morgan fingerprint density at radius 2 is 1.63 bits per heavy atom. The molecule has 2 N–H and O–H groups in total. The maximum absolute atomic E-state index is 13.5. The van der Waals surface area contributed by atoms with Crippen LogP contribution in [0.5, 0.6) is 0 Å². The molecule has 1 aliphatic heterocycles. The lowest BCUT2D eigenvalue weighted by molar-refractivity contribution is -0.121. The number of hydrogen-bond donors (Lipinski definition) is 2. The van der Waals surface area contributed by atoms with Crippen LogP contribution >= 0.6 is 0 Å². The molecule has 0 saturated carbocycles. The first-order valence-electron chi connectivity index (χ1n) is 15.0. The third-order valence-electron chi connectivity index (χ3n) is 7.89. The highest BCUT2D eigenvalue weighted by Crippen LogP contribution is 2.43. The van der Waals surface area contributed by atoms with Crippen LogP contribution in [0.15, 0.2) is 48.5 Å². The molecule has 0 atom stereocenters. The Morgan fingerprint density at radius 3 is 2.35 bits per heavy atom. The van der Waals surface area contributed by atoms with Crippen LogP contribution < -0.4 is 15.5 Å². The summed E-state index contributed by atoms with van der Waals surface area (Å²) < 4.78 is 8.29. The summed E-state index contributed by atoms with van der Waals surface area (Å²) >= 11 is 0. The number of aromatic nitrogens is 3. The molecule has 2 heterocycles. The van der Waals surface area contributed by atoms with Gasteiger partial charge in [0.2, 0.25) is 17.7 Å². The van der Waals surface area contributed by atoms with Gasteiger partial charge >= 0.3 is 0 Å². The van der Waals surface area contributed by atoms with Gasteiger partial charge in [0, 0.05) is 50.6 Å². The number of benzene rings is 2. The van der Waals surface area contributed by atoms with E-state index in [1.807, 2.05) is 67.9 Å². The summed E-state index contributed by atoms with van der Waals surface area (Å²) in [7, 11) is 0. The topological polar surface area (TPSA) is 118 Å². The van der Waals surface area contributed by atoms with Crippen LogP contribution in [0.3, 0.4) is 0 Å². The van der Waals surface area contributed by atoms with Crippen molar-refractivity contribution in [3.05, 3.63) is 54.1 Å². The summed E-state index contributed by atoms with van der Waals surface area (Å²) in [5, 5.41) is 15.0. The number of rotatable bonds is 12. The Kier molecular flexibility index (Phi) is 10.0. The van der Waals surface area contributed by atoms with Crippen LogP contribution in [0.1, 0.15) is 72.8 Å². The second-order valence-electron chi connectivity index (χ2n) is 12.2. The molecule has 2 aromatic carbocycles. The SMILES string of the molecule is CCC(=O)NCCC(C)(C)OCCC(C)(C)n1nnc2c1-c1ccccc1CN(C(=O)CCNC(C)=O)c1ccccc1-2. The molecule has 3 aromatic rings. The van der Waals surface area contributed by atoms with E-state index in [2.05, 4.69) is 30.5 Å². The first-order valence-corrected chi connectivity index (χ1v) is 15.0. The van der Waals surface area contributed by atoms with E-state index in [9.17, 15) is 14.4 Å². The summed E-state index contributed by atoms with van der Waals surface area (Å²) in [6, 6.07) is 15.8. The molecule has 3 amide bonds. The van der Waals surface area contributed by atoms with Gasteiger partial charge in [-0.25, -0.2) is 4.68 Å². The van der Waals surface area contributed by atoms with Gasteiger partial charge in [-0.05, 0) is 52.2 Å². The van der Waals surface area contributed by atoms with E-state index in [-0.39, 0.29) is 30.7 Å². The van der Waals surface area contributed by atoms with Crippen molar-refractivity contribution in [1.29, 1.82) is 0 Å². The number of carbonyl (C=O) groups is 3. The maximum atomic E-state index is 13.5. The summed E-state index contributed by atoms with van der Waals surface area (Å²) in [5.41, 5.74) is 4.32. The molecule has 0 radical (unpaired) electrons. The number of fused-ring (bicyclic) bond motifs is 5. The van der Waals surface area contributed by atoms with E-state index in [4.69, 9.17) is 15.0 Å². The van der Waals surface area contributed by atoms with Crippen LogP contribution in [-0.4, -0.2) is 58.0 Å². The van der Waals surface area contributed by atoms with Gasteiger partial charge in [-0.2, -0.15) is 0 Å². The first-order chi connectivity index (χ1) is 20.4. The number of carbonyl (C=O) groups excluding carboxylic acids is 3. The van der Waals surface area contributed by atoms with Crippen LogP contribution in [-0.2, 0) is 31.2 Å². The second-order valence-corrected chi connectivity index (χ2v) is 12.2. The number of amides is 3. The van der Waals surface area contributed by atoms with Crippen LogP contribution in [0.2, 0.25) is 0 Å². The molecule has 0 saturated heterocycles. The predicted molar refractivity (Wildman–Crippen MR) is 167 cm³/mol. The van der Waals surface area contributed by atoms with E-state index in [1.54, 1.807) is 4.90 Å². The van der Waals surface area contributed by atoms with Gasteiger partial charge in [-0.3, -0.25) is 14.4 Å². The van der Waals surface area contributed by atoms with Crippen molar-refractivity contribution in [3.8, 4) is 22.5 Å². The fraction of sp³-hybridized carbons (Fsp3) is 0.485. The smallest absolute Gasteiger partial charge is 0.229 e. The fourth-order valence-electron chi connectivity index (χ4n) is 5.27. The van der Waals surface area contributed by atoms with Gasteiger partial charge in [0.15, 0.2) is 0 Å². The largest absolute Gasteiger partial charge is 0.375 e. The van der Waals surface area contributed by atoms with E-state index >= 15 is 0 Å². The monoisotopic (exact) mass is 588 g/mol. The normalized spacial score (nSPS) is 12.8. The molecule has 0 unspecified atom stereocenters. The lowest BCUT2D eigenvalue weighted by Crippen LogP contribution is -2.36. The molecule has 0 spiro atoms. The van der Waals surface area contributed by atoms with Crippen molar-refractivity contribution < 1.29 is 19.1 Å². The third kappa shape index (κ3) is 7.67. The minimum Gasteiger partial charge on any atom is -0.375 e. The van der Waals surface area contributed by atoms with Crippen molar-refractivity contribution in [2.75, 3.05) is 24.6 Å². The van der Waals surface area contributed by atoms with Gasteiger partial charge < -0.3 is 20.3 Å². The molecule has 43 heavy (non-hydrogen) atoms. The summed E-state index contributed by atoms with van der Waals surface area (Å²) in [6.45, 7) is 13.4. The molecule has 0 bridgehead atoms. The number of para-hydroxylation sites is 1. The highest BCUT2D eigenvalue weighted by molar-refractivity contribution is 6.00. The highest BCUT2D eigenvalue weighted by Gasteiger charge is 2.33. The summed E-state index contributed by atoms with van der Waals surface area (Å²) in [5.74, 6) is -0.204. The average molecular weight is 589 g/mol. The molecule has 0 fully saturated rings. The first kappa shape index (κ1) is 31.9. The van der Waals surface area contributed by atoms with Gasteiger partial charge in [-0.1, -0.05) is 54.6 Å². The fourth-order valence-corrected chi connectivity index (χ4v) is 5.27. The lowest BCUT2D eigenvalue weighted by atomic mass is 9.93. The molecule has 4 rings (SSSR count). The number of hydrogen-bond acceptors (Lipinski definition) is 6. The standard InChI is InChI=1S/C33H44N6O4/c1-7-28(41)35-20-17-33(5,6)43-21-18-32(3,4)39-31-25-13-9-8-12-24(25)22-38(29(42)16-19-34-23(2)40)27-15-11-10-14-26(27)30(31)36-37-39/h8-15H,7,16-22H2,1-6H3,(H,34,40)(H,35,41). The Labute approximate surface area is 254 Å². The molecule has 0 aliphatic carbocycles. The van der Waals surface area contributed by atoms with Crippen molar-refractivity contribution in [1.82, 2.24) is 25.6 Å². The number of nitrogens with zero attached hydrogens (tertiary/aromatic N) is 4. The van der Waals surface area contributed by atoms with Gasteiger partial charge in [0.1, 0.15) is 5.69 Å². The third-order valence-corrected chi connectivity index (χ3v) is 7.89. The van der Waals surface area contributed by atoms with E-state index < -0.39 is 11.1 Å². The van der Waals surface area contributed by atoms with Crippen molar-refractivity contribution in [3.63, 3.8) is 0 Å². The summed E-state index contributed by atoms with van der Waals surface area (Å²) in [4.78, 5) is 38.3.